The van der Waals surface area contributed by atoms with Gasteiger partial charge in [0, 0.05) is 21.9 Å². The third-order valence-corrected chi connectivity index (χ3v) is 3.58. The number of anilines is 1. The van der Waals surface area contributed by atoms with Gasteiger partial charge in [0.25, 0.3) is 0 Å². The first-order valence-electron chi connectivity index (χ1n) is 5.93. The quantitative estimate of drug-likeness (QED) is 0.742. The van der Waals surface area contributed by atoms with Gasteiger partial charge in [0.05, 0.1) is 6.04 Å². The SMILES string of the molecule is CCC(Nc1ccnc(Cl)c1)c1ccc(Cl)cc1Cl. The lowest BCUT2D eigenvalue weighted by molar-refractivity contribution is 0.749. The van der Waals surface area contributed by atoms with Gasteiger partial charge in [-0.25, -0.2) is 4.98 Å². The maximum absolute atomic E-state index is 6.24. The van der Waals surface area contributed by atoms with Crippen molar-refractivity contribution in [1.82, 2.24) is 4.98 Å². The third kappa shape index (κ3) is 3.75. The van der Waals surface area contributed by atoms with Crippen molar-refractivity contribution in [3.8, 4) is 0 Å². The highest BCUT2D eigenvalue weighted by Crippen LogP contribution is 2.30. The third-order valence-electron chi connectivity index (χ3n) is 2.81. The minimum atomic E-state index is 0.100. The first kappa shape index (κ1) is 14.4. The van der Waals surface area contributed by atoms with Crippen LogP contribution in [0.1, 0.15) is 24.9 Å². The Kier molecular flexibility index (Phi) is 4.92. The molecule has 5 heteroatoms. The van der Waals surface area contributed by atoms with Crippen LogP contribution in [0, 0.1) is 0 Å². The topological polar surface area (TPSA) is 24.9 Å². The number of rotatable bonds is 4. The Balaban J connectivity index is 2.25. The molecule has 1 aromatic carbocycles. The second kappa shape index (κ2) is 6.47. The summed E-state index contributed by atoms with van der Waals surface area (Å²) >= 11 is 18.0. The van der Waals surface area contributed by atoms with Crippen LogP contribution in [0.4, 0.5) is 5.69 Å². The fourth-order valence-corrected chi connectivity index (χ4v) is 2.59. The van der Waals surface area contributed by atoms with Gasteiger partial charge in [-0.2, -0.15) is 0 Å². The maximum Gasteiger partial charge on any atom is 0.131 e. The molecule has 0 aliphatic rings. The van der Waals surface area contributed by atoms with Gasteiger partial charge in [0.2, 0.25) is 0 Å². The van der Waals surface area contributed by atoms with Crippen molar-refractivity contribution in [3.05, 3.63) is 57.3 Å². The summed E-state index contributed by atoms with van der Waals surface area (Å²) < 4.78 is 0. The molecule has 2 rings (SSSR count). The molecule has 1 heterocycles. The summed E-state index contributed by atoms with van der Waals surface area (Å²) in [6.07, 6.45) is 2.56. The summed E-state index contributed by atoms with van der Waals surface area (Å²) in [7, 11) is 0. The molecular formula is C14H13Cl3N2. The van der Waals surface area contributed by atoms with E-state index in [0.29, 0.717) is 15.2 Å². The zero-order chi connectivity index (χ0) is 13.8. The van der Waals surface area contributed by atoms with E-state index in [1.807, 2.05) is 18.2 Å². The van der Waals surface area contributed by atoms with Crippen molar-refractivity contribution in [2.45, 2.75) is 19.4 Å². The van der Waals surface area contributed by atoms with E-state index in [2.05, 4.69) is 17.2 Å². The van der Waals surface area contributed by atoms with E-state index in [1.54, 1.807) is 18.3 Å². The highest BCUT2D eigenvalue weighted by atomic mass is 35.5. The maximum atomic E-state index is 6.24. The van der Waals surface area contributed by atoms with Gasteiger partial charge in [0.1, 0.15) is 5.15 Å². The molecule has 0 spiro atoms. The molecule has 0 bridgehead atoms. The average Bonchev–Trinajstić information content (AvgIpc) is 2.37. The monoisotopic (exact) mass is 314 g/mol. The number of hydrogen-bond acceptors (Lipinski definition) is 2. The molecule has 0 aliphatic heterocycles. The Bertz CT molecular complexity index is 572. The van der Waals surface area contributed by atoms with Crippen LogP contribution in [-0.2, 0) is 0 Å². The molecule has 1 unspecified atom stereocenters. The van der Waals surface area contributed by atoms with Gasteiger partial charge in [-0.15, -0.1) is 0 Å². The highest BCUT2D eigenvalue weighted by molar-refractivity contribution is 6.35. The number of pyridine rings is 1. The van der Waals surface area contributed by atoms with Crippen LogP contribution in [-0.4, -0.2) is 4.98 Å². The van der Waals surface area contributed by atoms with Crippen LogP contribution in [0.25, 0.3) is 0 Å². The number of benzene rings is 1. The summed E-state index contributed by atoms with van der Waals surface area (Å²) in [5, 5.41) is 5.15. The van der Waals surface area contributed by atoms with Crippen molar-refractivity contribution < 1.29 is 0 Å². The summed E-state index contributed by atoms with van der Waals surface area (Å²) in [4.78, 5) is 3.96. The molecule has 2 aromatic rings. The fourth-order valence-electron chi connectivity index (χ4n) is 1.88. The zero-order valence-corrected chi connectivity index (χ0v) is 12.6. The van der Waals surface area contributed by atoms with E-state index in [4.69, 9.17) is 34.8 Å². The molecule has 1 atom stereocenters. The molecule has 2 nitrogen and oxygen atoms in total. The van der Waals surface area contributed by atoms with Gasteiger partial charge in [0.15, 0.2) is 0 Å². The van der Waals surface area contributed by atoms with E-state index >= 15 is 0 Å². The lowest BCUT2D eigenvalue weighted by Gasteiger charge is -2.20. The van der Waals surface area contributed by atoms with Gasteiger partial charge in [-0.1, -0.05) is 47.8 Å². The largest absolute Gasteiger partial charge is 0.378 e. The normalized spacial score (nSPS) is 12.2. The molecular weight excluding hydrogens is 303 g/mol. The first-order valence-corrected chi connectivity index (χ1v) is 7.06. The lowest BCUT2D eigenvalue weighted by atomic mass is 10.0. The molecule has 0 amide bonds. The van der Waals surface area contributed by atoms with E-state index < -0.39 is 0 Å². The van der Waals surface area contributed by atoms with Crippen molar-refractivity contribution >= 4 is 40.5 Å². The molecule has 1 aromatic heterocycles. The van der Waals surface area contributed by atoms with E-state index in [-0.39, 0.29) is 6.04 Å². The number of hydrogen-bond donors (Lipinski definition) is 1. The summed E-state index contributed by atoms with van der Waals surface area (Å²) in [5.41, 5.74) is 1.93. The predicted molar refractivity (Wildman–Crippen MR) is 82.4 cm³/mol. The Labute approximate surface area is 127 Å². The van der Waals surface area contributed by atoms with E-state index in [9.17, 15) is 0 Å². The highest BCUT2D eigenvalue weighted by Gasteiger charge is 2.13. The Morgan fingerprint density at radius 1 is 1.16 bits per heavy atom. The summed E-state index contributed by atoms with van der Waals surface area (Å²) in [5.74, 6) is 0. The van der Waals surface area contributed by atoms with Crippen molar-refractivity contribution in [2.24, 2.45) is 0 Å². The van der Waals surface area contributed by atoms with Crippen LogP contribution in [0.3, 0.4) is 0 Å². The zero-order valence-electron chi connectivity index (χ0n) is 10.3. The molecule has 0 saturated carbocycles. The first-order chi connectivity index (χ1) is 9.10. The smallest absolute Gasteiger partial charge is 0.131 e. The number of aromatic nitrogens is 1. The van der Waals surface area contributed by atoms with Crippen LogP contribution in [0.15, 0.2) is 36.5 Å². The minimum Gasteiger partial charge on any atom is -0.378 e. The predicted octanol–water partition coefficient (Wildman–Crippen LogP) is 5.61. The van der Waals surface area contributed by atoms with Crippen molar-refractivity contribution in [3.63, 3.8) is 0 Å². The molecule has 19 heavy (non-hydrogen) atoms. The van der Waals surface area contributed by atoms with E-state index in [1.165, 1.54) is 0 Å². The molecule has 0 saturated heterocycles. The van der Waals surface area contributed by atoms with Gasteiger partial charge in [-0.3, -0.25) is 0 Å². The van der Waals surface area contributed by atoms with E-state index in [0.717, 1.165) is 17.7 Å². The van der Waals surface area contributed by atoms with Gasteiger partial charge in [-0.05, 0) is 36.2 Å². The minimum absolute atomic E-state index is 0.100. The molecule has 0 aliphatic carbocycles. The molecule has 100 valence electrons. The fraction of sp³-hybridized carbons (Fsp3) is 0.214. The van der Waals surface area contributed by atoms with Gasteiger partial charge >= 0.3 is 0 Å². The molecule has 1 N–H and O–H groups in total. The van der Waals surface area contributed by atoms with Crippen molar-refractivity contribution in [1.29, 1.82) is 0 Å². The van der Waals surface area contributed by atoms with Crippen LogP contribution < -0.4 is 5.32 Å². The average molecular weight is 316 g/mol. The summed E-state index contributed by atoms with van der Waals surface area (Å²) in [6.45, 7) is 2.09. The Morgan fingerprint density at radius 2 is 1.95 bits per heavy atom. The van der Waals surface area contributed by atoms with Crippen LogP contribution in [0.5, 0.6) is 0 Å². The van der Waals surface area contributed by atoms with Crippen LogP contribution in [0.2, 0.25) is 15.2 Å². The standard InChI is InChI=1S/C14H13Cl3N2/c1-2-13(11-4-3-9(15)7-12(11)16)19-10-5-6-18-14(17)8-10/h3-8,13H,2H2,1H3,(H,18,19). The number of nitrogens with zero attached hydrogens (tertiary/aromatic N) is 1. The van der Waals surface area contributed by atoms with Crippen LogP contribution >= 0.6 is 34.8 Å². The Hall–Kier alpha value is -0.960. The van der Waals surface area contributed by atoms with Crippen molar-refractivity contribution in [2.75, 3.05) is 5.32 Å². The lowest BCUT2D eigenvalue weighted by Crippen LogP contribution is -2.10. The second-order valence-electron chi connectivity index (χ2n) is 4.14. The Morgan fingerprint density at radius 3 is 2.58 bits per heavy atom. The van der Waals surface area contributed by atoms with Gasteiger partial charge < -0.3 is 5.32 Å². The molecule has 0 fully saturated rings. The number of nitrogens with one attached hydrogen (secondary N) is 1. The second-order valence-corrected chi connectivity index (χ2v) is 5.37. The number of halogens is 3. The molecule has 0 radical (unpaired) electrons. The summed E-state index contributed by atoms with van der Waals surface area (Å²) in [6, 6.07) is 9.29.